The van der Waals surface area contributed by atoms with Crippen LogP contribution >= 0.6 is 0 Å². The predicted molar refractivity (Wildman–Crippen MR) is 257 cm³/mol. The molecule has 0 aromatic heterocycles. The van der Waals surface area contributed by atoms with Gasteiger partial charge < -0.3 is 49.4 Å². The number of hydrogen-bond donors (Lipinski definition) is 3. The molecular weight excluding hydrogens is 875 g/mol. The second-order valence-corrected chi connectivity index (χ2v) is 19.0. The van der Waals surface area contributed by atoms with Gasteiger partial charge in [-0.2, -0.15) is 0 Å². The van der Waals surface area contributed by atoms with E-state index in [-0.39, 0.29) is 80.0 Å². The van der Waals surface area contributed by atoms with Crippen molar-refractivity contribution in [3.8, 4) is 0 Å². The molecule has 3 N–H and O–H groups in total. The molecule has 19 nitrogen and oxygen atoms in total. The number of piperidine rings is 1. The average Bonchev–Trinajstić information content (AvgIpc) is 4.09. The summed E-state index contributed by atoms with van der Waals surface area (Å²) in [6.07, 6.45) is 4.11. The molecule has 1 aromatic rings. The molecule has 3 fully saturated rings. The molecule has 5 amide bonds. The van der Waals surface area contributed by atoms with E-state index in [4.69, 9.17) is 29.2 Å². The lowest BCUT2D eigenvalue weighted by atomic mass is 9.89. The zero-order valence-corrected chi connectivity index (χ0v) is 42.1. The number of amides is 5. The first-order valence-corrected chi connectivity index (χ1v) is 24.7. The number of likely N-dealkylation sites (N-methyl/N-ethyl adjacent to an activating group) is 2. The molecule has 1 aliphatic carbocycles. The average molecular weight is 956 g/mol. The summed E-state index contributed by atoms with van der Waals surface area (Å²) in [5.41, 5.74) is 9.17. The first-order valence-electron chi connectivity index (χ1n) is 24.7. The lowest BCUT2D eigenvalue weighted by Crippen LogP contribution is -2.60. The summed E-state index contributed by atoms with van der Waals surface area (Å²) >= 11 is 0. The maximum Gasteiger partial charge on any atom is 0.245 e. The third kappa shape index (κ3) is 15.8. The van der Waals surface area contributed by atoms with Crippen LogP contribution in [-0.2, 0) is 54.1 Å². The van der Waals surface area contributed by atoms with Gasteiger partial charge in [0.25, 0.3) is 0 Å². The topological polar surface area (TPSA) is 226 Å². The van der Waals surface area contributed by atoms with Crippen molar-refractivity contribution < 1.29 is 47.7 Å². The Bertz CT molecular complexity index is 1790. The summed E-state index contributed by atoms with van der Waals surface area (Å²) < 4.78 is 28.5. The molecule has 2 heterocycles. The van der Waals surface area contributed by atoms with E-state index < -0.39 is 42.3 Å². The smallest absolute Gasteiger partial charge is 0.245 e. The monoisotopic (exact) mass is 956 g/mol. The Labute approximate surface area is 404 Å². The van der Waals surface area contributed by atoms with E-state index in [1.807, 2.05) is 65.1 Å². The van der Waals surface area contributed by atoms with Gasteiger partial charge >= 0.3 is 0 Å². The summed E-state index contributed by atoms with van der Waals surface area (Å²) in [5, 5.41) is 12.4. The number of ether oxygens (including phenoxy) is 5. The fourth-order valence-electron chi connectivity index (χ4n) is 10.3. The third-order valence-corrected chi connectivity index (χ3v) is 14.3. The first-order chi connectivity index (χ1) is 32.7. The number of nitrogens with zero attached hydrogens (tertiary/aromatic N) is 6. The van der Waals surface area contributed by atoms with Gasteiger partial charge in [0.2, 0.25) is 29.5 Å². The predicted octanol–water partition coefficient (Wildman–Crippen LogP) is 3.73. The van der Waals surface area contributed by atoms with Crippen molar-refractivity contribution in [2.75, 3.05) is 87.6 Å². The molecule has 382 valence electrons. The molecule has 2 bridgehead atoms. The Balaban J connectivity index is 1.36. The Kier molecular flexibility index (Phi) is 24.0. The second kappa shape index (κ2) is 29.0. The summed E-state index contributed by atoms with van der Waals surface area (Å²) in [6, 6.07) is 7.07. The molecule has 68 heavy (non-hydrogen) atoms. The minimum absolute atomic E-state index is 0.00242. The molecule has 1 saturated carbocycles. The fraction of sp³-hybridized carbons (Fsp3) is 0.776. The lowest BCUT2D eigenvalue weighted by molar-refractivity contribution is -0.148. The van der Waals surface area contributed by atoms with Gasteiger partial charge in [-0.1, -0.05) is 76.5 Å². The van der Waals surface area contributed by atoms with E-state index in [1.165, 1.54) is 7.11 Å². The van der Waals surface area contributed by atoms with Gasteiger partial charge in [0.05, 0.1) is 82.3 Å². The van der Waals surface area contributed by atoms with Crippen LogP contribution in [-0.4, -0.2) is 180 Å². The van der Waals surface area contributed by atoms with Crippen molar-refractivity contribution in [2.24, 2.45) is 28.8 Å². The van der Waals surface area contributed by atoms with Gasteiger partial charge in [-0.3, -0.25) is 28.9 Å². The molecule has 0 radical (unpaired) electrons. The van der Waals surface area contributed by atoms with Crippen molar-refractivity contribution >= 4 is 29.5 Å². The minimum atomic E-state index is -0.893. The van der Waals surface area contributed by atoms with Gasteiger partial charge in [0, 0.05) is 58.3 Å². The van der Waals surface area contributed by atoms with E-state index in [0.717, 1.165) is 31.2 Å². The van der Waals surface area contributed by atoms with Crippen molar-refractivity contribution in [3.63, 3.8) is 0 Å². The van der Waals surface area contributed by atoms with Crippen LogP contribution in [0, 0.1) is 23.7 Å². The van der Waals surface area contributed by atoms with Crippen molar-refractivity contribution in [1.82, 2.24) is 30.7 Å². The van der Waals surface area contributed by atoms with Crippen molar-refractivity contribution in [3.05, 3.63) is 46.3 Å². The molecule has 0 spiro atoms. The molecule has 2 aliphatic heterocycles. The number of carbonyl (C=O) groups is 5. The SMILES string of the molecule is CC[C@H](C)[C@@H]([C@@H](CC(=O)N1CCC[C@H]1[C@H](OC)[C@@H](C)C(=O)N[C@@H](Cc1ccccc1)C(=O)NCCOCCOCCOCCN=[N+]=[N-])OC)N(C)C(=O)[C@@H](NC(=O)C1[C@H]2CC[C@H](C2)N1C)C(C)C. The quantitative estimate of drug-likeness (QED) is 0.0421. The zero-order valence-electron chi connectivity index (χ0n) is 42.1. The van der Waals surface area contributed by atoms with E-state index in [0.29, 0.717) is 64.4 Å². The molecule has 1 aromatic carbocycles. The molecule has 11 atom stereocenters. The first kappa shape index (κ1) is 56.2. The molecule has 19 heteroatoms. The lowest BCUT2D eigenvalue weighted by Gasteiger charge is -2.41. The second-order valence-electron chi connectivity index (χ2n) is 19.0. The number of methoxy groups -OCH3 is 2. The van der Waals surface area contributed by atoms with Gasteiger partial charge in [-0.05, 0) is 68.0 Å². The number of likely N-dealkylation sites (tertiary alicyclic amines) is 2. The summed E-state index contributed by atoms with van der Waals surface area (Å²) in [5.74, 6) is -1.88. The normalized spacial score (nSPS) is 22.1. The maximum atomic E-state index is 14.4. The maximum absolute atomic E-state index is 14.4. The number of nitrogens with one attached hydrogen (secondary N) is 3. The van der Waals surface area contributed by atoms with E-state index in [9.17, 15) is 24.0 Å². The molecule has 3 aliphatic rings. The van der Waals surface area contributed by atoms with Crippen molar-refractivity contribution in [2.45, 2.75) is 134 Å². The number of hydrogen-bond acceptors (Lipinski definition) is 12. The molecule has 1 unspecified atom stereocenters. The largest absolute Gasteiger partial charge is 0.379 e. The van der Waals surface area contributed by atoms with E-state index in [2.05, 4.69) is 30.9 Å². The number of rotatable bonds is 31. The van der Waals surface area contributed by atoms with Crippen LogP contribution in [0.25, 0.3) is 10.4 Å². The number of carbonyl (C=O) groups excluding carboxylic acids is 5. The van der Waals surface area contributed by atoms with Gasteiger partial charge in [-0.25, -0.2) is 0 Å². The summed E-state index contributed by atoms with van der Waals surface area (Å²) in [7, 11) is 6.85. The number of azide groups is 1. The zero-order chi connectivity index (χ0) is 49.8. The van der Waals surface area contributed by atoms with Crippen LogP contribution < -0.4 is 16.0 Å². The minimum Gasteiger partial charge on any atom is -0.379 e. The van der Waals surface area contributed by atoms with E-state index >= 15 is 0 Å². The number of fused-ring (bicyclic) bond motifs is 2. The Morgan fingerprint density at radius 3 is 2.18 bits per heavy atom. The highest BCUT2D eigenvalue weighted by Gasteiger charge is 2.49. The van der Waals surface area contributed by atoms with Crippen molar-refractivity contribution in [1.29, 1.82) is 0 Å². The molecule has 4 rings (SSSR count). The van der Waals surface area contributed by atoms with Gasteiger partial charge in [0.1, 0.15) is 12.1 Å². The van der Waals surface area contributed by atoms with Gasteiger partial charge in [0.15, 0.2) is 0 Å². The molecule has 2 saturated heterocycles. The van der Waals surface area contributed by atoms with Gasteiger partial charge in [-0.15, -0.1) is 0 Å². The third-order valence-electron chi connectivity index (χ3n) is 14.3. The van der Waals surface area contributed by atoms with Crippen LogP contribution in [0.5, 0.6) is 0 Å². The highest BCUT2D eigenvalue weighted by molar-refractivity contribution is 5.91. The summed E-state index contributed by atoms with van der Waals surface area (Å²) in [6.45, 7) is 12.6. The Hall–Kier alpha value is -4.36. The highest BCUT2D eigenvalue weighted by atomic mass is 16.5. The van der Waals surface area contributed by atoms with E-state index in [1.54, 1.807) is 30.9 Å². The van der Waals surface area contributed by atoms with Crippen LogP contribution in [0.15, 0.2) is 35.4 Å². The highest BCUT2D eigenvalue weighted by Crippen LogP contribution is 2.41. The Morgan fingerprint density at radius 2 is 1.57 bits per heavy atom. The molecular formula is C49H81N9O10. The summed E-state index contributed by atoms with van der Waals surface area (Å²) in [4.78, 5) is 78.6. The number of benzene rings is 1. The fourth-order valence-corrected chi connectivity index (χ4v) is 10.3. The van der Waals surface area contributed by atoms with Crippen LogP contribution in [0.2, 0.25) is 0 Å². The van der Waals surface area contributed by atoms with Crippen LogP contribution in [0.4, 0.5) is 0 Å². The van der Waals surface area contributed by atoms with Crippen LogP contribution in [0.1, 0.15) is 85.1 Å². The van der Waals surface area contributed by atoms with Crippen LogP contribution in [0.3, 0.4) is 0 Å². The Morgan fingerprint density at radius 1 is 0.897 bits per heavy atom. The standard InChI is InChI=1S/C49H81N9O10/c1-10-33(4)43(57(7)49(63)42(32(2)3)54-48(62)44-36-18-19-37(30-36)56(44)6)40(64-8)31-41(59)58-22-14-17-39(58)45(65-9)34(5)46(60)53-38(29-35-15-12-11-13-16-35)47(61)51-20-23-66-25-27-68-28-26-67-24-21-52-55-50/h11-13,15-16,32-34,36-40,42-45H,10,14,17-31H2,1-9H3,(H,51,61)(H,53,60)(H,54,62)/t33-,34+,36-,37+,38-,39-,40+,42-,43-,44?,45+/m0/s1.